The third-order valence-electron chi connectivity index (χ3n) is 4.55. The van der Waals surface area contributed by atoms with Crippen molar-refractivity contribution in [2.24, 2.45) is 0 Å². The number of carbonyl (C=O) groups is 1. The zero-order valence-corrected chi connectivity index (χ0v) is 14.1. The van der Waals surface area contributed by atoms with Gasteiger partial charge in [0.15, 0.2) is 0 Å². The lowest BCUT2D eigenvalue weighted by atomic mass is 10.2. The van der Waals surface area contributed by atoms with E-state index in [0.717, 1.165) is 38.3 Å². The molecule has 1 N–H and O–H groups in total. The van der Waals surface area contributed by atoms with E-state index in [-0.39, 0.29) is 17.6 Å². The molecule has 0 aliphatic carbocycles. The van der Waals surface area contributed by atoms with Crippen LogP contribution in [-0.2, 0) is 4.79 Å². The molecular weight excluding hydrogens is 324 g/mol. The Balaban J connectivity index is 1.56. The fourth-order valence-corrected chi connectivity index (χ4v) is 3.00. The highest BCUT2D eigenvalue weighted by Gasteiger charge is 2.26. The maximum atomic E-state index is 13.7. The molecule has 2 aromatic rings. The van der Waals surface area contributed by atoms with Crippen LogP contribution in [0.15, 0.2) is 48.5 Å². The van der Waals surface area contributed by atoms with E-state index < -0.39 is 11.6 Å². The second-order valence-electron chi connectivity index (χ2n) is 6.15. The predicted octanol–water partition coefficient (Wildman–Crippen LogP) is 3.11. The maximum Gasteiger partial charge on any atom is 0.241 e. The Bertz CT molecular complexity index is 731. The molecule has 2 aromatic carbocycles. The second kappa shape index (κ2) is 7.61. The van der Waals surface area contributed by atoms with Gasteiger partial charge in [0, 0.05) is 37.9 Å². The molecule has 25 heavy (non-hydrogen) atoms. The van der Waals surface area contributed by atoms with Gasteiger partial charge < -0.3 is 10.2 Å². The minimum Gasteiger partial charge on any atom is -0.369 e. The van der Waals surface area contributed by atoms with Gasteiger partial charge in [0.2, 0.25) is 5.91 Å². The van der Waals surface area contributed by atoms with Gasteiger partial charge in [0.05, 0.1) is 11.7 Å². The van der Waals surface area contributed by atoms with Crippen molar-refractivity contribution >= 4 is 17.3 Å². The number of hydrogen-bond acceptors (Lipinski definition) is 3. The van der Waals surface area contributed by atoms with E-state index >= 15 is 0 Å². The Morgan fingerprint density at radius 2 is 1.72 bits per heavy atom. The van der Waals surface area contributed by atoms with Crippen molar-refractivity contribution in [1.29, 1.82) is 0 Å². The number of amides is 1. The molecule has 1 heterocycles. The number of nitrogens with one attached hydrogen (secondary N) is 1. The normalized spacial score (nSPS) is 16.5. The van der Waals surface area contributed by atoms with Crippen LogP contribution in [0.4, 0.5) is 20.2 Å². The largest absolute Gasteiger partial charge is 0.369 e. The van der Waals surface area contributed by atoms with Gasteiger partial charge in [-0.2, -0.15) is 0 Å². The Morgan fingerprint density at radius 3 is 2.36 bits per heavy atom. The summed E-state index contributed by atoms with van der Waals surface area (Å²) in [5, 5.41) is 2.54. The highest BCUT2D eigenvalue weighted by atomic mass is 19.1. The molecule has 132 valence electrons. The van der Waals surface area contributed by atoms with Crippen LogP contribution in [0.5, 0.6) is 0 Å². The first-order chi connectivity index (χ1) is 12.0. The third-order valence-corrected chi connectivity index (χ3v) is 4.55. The smallest absolute Gasteiger partial charge is 0.241 e. The summed E-state index contributed by atoms with van der Waals surface area (Å²) in [4.78, 5) is 16.7. The predicted molar refractivity (Wildman–Crippen MR) is 94.7 cm³/mol. The summed E-state index contributed by atoms with van der Waals surface area (Å²) in [5.74, 6) is -1.73. The SMILES string of the molecule is CC(C(=O)Nc1ccc(F)cc1F)N1CCN(c2ccccc2)CC1. The monoisotopic (exact) mass is 345 g/mol. The molecule has 0 saturated carbocycles. The fraction of sp³-hybridized carbons (Fsp3) is 0.316. The summed E-state index contributed by atoms with van der Waals surface area (Å²) >= 11 is 0. The van der Waals surface area contributed by atoms with Crippen molar-refractivity contribution in [1.82, 2.24) is 4.90 Å². The molecule has 1 amide bonds. The van der Waals surface area contributed by atoms with Crippen LogP contribution in [-0.4, -0.2) is 43.0 Å². The van der Waals surface area contributed by atoms with Gasteiger partial charge in [0.25, 0.3) is 0 Å². The molecule has 1 saturated heterocycles. The lowest BCUT2D eigenvalue weighted by molar-refractivity contribution is -0.120. The van der Waals surface area contributed by atoms with E-state index in [0.29, 0.717) is 0 Å². The molecule has 1 fully saturated rings. The molecule has 1 aliphatic rings. The van der Waals surface area contributed by atoms with Gasteiger partial charge >= 0.3 is 0 Å². The quantitative estimate of drug-likeness (QED) is 0.925. The first kappa shape index (κ1) is 17.4. The molecule has 0 radical (unpaired) electrons. The summed E-state index contributed by atoms with van der Waals surface area (Å²) in [6.45, 7) is 4.94. The molecule has 0 spiro atoms. The first-order valence-corrected chi connectivity index (χ1v) is 8.34. The van der Waals surface area contributed by atoms with Crippen LogP contribution in [0.2, 0.25) is 0 Å². The highest BCUT2D eigenvalue weighted by molar-refractivity contribution is 5.94. The van der Waals surface area contributed by atoms with E-state index in [4.69, 9.17) is 0 Å². The van der Waals surface area contributed by atoms with Gasteiger partial charge in [-0.3, -0.25) is 9.69 Å². The number of anilines is 2. The summed E-state index contributed by atoms with van der Waals surface area (Å²) in [7, 11) is 0. The van der Waals surface area contributed by atoms with Crippen LogP contribution < -0.4 is 10.2 Å². The van der Waals surface area contributed by atoms with E-state index in [1.54, 1.807) is 6.92 Å². The van der Waals surface area contributed by atoms with Crippen LogP contribution in [0, 0.1) is 11.6 Å². The topological polar surface area (TPSA) is 35.6 Å². The molecule has 1 aliphatic heterocycles. The van der Waals surface area contributed by atoms with Crippen LogP contribution in [0.1, 0.15) is 6.92 Å². The van der Waals surface area contributed by atoms with Gasteiger partial charge in [-0.1, -0.05) is 18.2 Å². The summed E-state index contributed by atoms with van der Waals surface area (Å²) in [5.41, 5.74) is 1.17. The number of benzene rings is 2. The van der Waals surface area contributed by atoms with Gasteiger partial charge in [0.1, 0.15) is 11.6 Å². The lowest BCUT2D eigenvalue weighted by Crippen LogP contribution is -2.52. The van der Waals surface area contributed by atoms with Crippen molar-refractivity contribution < 1.29 is 13.6 Å². The molecule has 1 atom stereocenters. The van der Waals surface area contributed by atoms with E-state index in [1.165, 1.54) is 11.8 Å². The summed E-state index contributed by atoms with van der Waals surface area (Å²) in [6, 6.07) is 12.9. The minimum absolute atomic E-state index is 0.00108. The molecule has 0 bridgehead atoms. The Labute approximate surface area is 146 Å². The number of rotatable bonds is 4. The van der Waals surface area contributed by atoms with Crippen molar-refractivity contribution in [3.63, 3.8) is 0 Å². The van der Waals surface area contributed by atoms with Crippen LogP contribution >= 0.6 is 0 Å². The van der Waals surface area contributed by atoms with E-state index in [1.807, 2.05) is 18.2 Å². The zero-order chi connectivity index (χ0) is 17.8. The highest BCUT2D eigenvalue weighted by Crippen LogP contribution is 2.18. The molecule has 4 nitrogen and oxygen atoms in total. The Hall–Kier alpha value is -2.47. The van der Waals surface area contributed by atoms with E-state index in [2.05, 4.69) is 27.2 Å². The second-order valence-corrected chi connectivity index (χ2v) is 6.15. The average Bonchev–Trinajstić information content (AvgIpc) is 2.64. The standard InChI is InChI=1S/C19H21F2N3O/c1-14(19(25)22-18-8-7-15(20)13-17(18)21)23-9-11-24(12-10-23)16-5-3-2-4-6-16/h2-8,13-14H,9-12H2,1H3,(H,22,25). The first-order valence-electron chi connectivity index (χ1n) is 8.34. The van der Waals surface area contributed by atoms with Crippen LogP contribution in [0.3, 0.4) is 0 Å². The van der Waals surface area contributed by atoms with Crippen LogP contribution in [0.25, 0.3) is 0 Å². The summed E-state index contributed by atoms with van der Waals surface area (Å²) < 4.78 is 26.6. The minimum atomic E-state index is -0.769. The lowest BCUT2D eigenvalue weighted by Gasteiger charge is -2.38. The third kappa shape index (κ3) is 4.14. The average molecular weight is 345 g/mol. The number of piperazine rings is 1. The van der Waals surface area contributed by atoms with Gasteiger partial charge in [-0.15, -0.1) is 0 Å². The van der Waals surface area contributed by atoms with Crippen molar-refractivity contribution in [2.75, 3.05) is 36.4 Å². The molecular formula is C19H21F2N3O. The molecule has 1 unspecified atom stereocenters. The maximum absolute atomic E-state index is 13.7. The zero-order valence-electron chi connectivity index (χ0n) is 14.1. The Morgan fingerprint density at radius 1 is 1.04 bits per heavy atom. The van der Waals surface area contributed by atoms with Crippen molar-refractivity contribution in [3.8, 4) is 0 Å². The number of nitrogens with zero attached hydrogens (tertiary/aromatic N) is 2. The molecule has 0 aromatic heterocycles. The van der Waals surface area contributed by atoms with Gasteiger partial charge in [-0.25, -0.2) is 8.78 Å². The van der Waals surface area contributed by atoms with Crippen molar-refractivity contribution in [2.45, 2.75) is 13.0 Å². The van der Waals surface area contributed by atoms with Gasteiger partial charge in [-0.05, 0) is 31.2 Å². The fourth-order valence-electron chi connectivity index (χ4n) is 3.00. The number of hydrogen-bond donors (Lipinski definition) is 1. The number of para-hydroxylation sites is 1. The van der Waals surface area contributed by atoms with Crippen molar-refractivity contribution in [3.05, 3.63) is 60.2 Å². The summed E-state index contributed by atoms with van der Waals surface area (Å²) in [6.07, 6.45) is 0. The number of carbonyl (C=O) groups excluding carboxylic acids is 1. The molecule has 3 rings (SSSR count). The number of halogens is 2. The molecule has 6 heteroatoms. The van der Waals surface area contributed by atoms with E-state index in [9.17, 15) is 13.6 Å². The Kier molecular flexibility index (Phi) is 5.28.